The van der Waals surface area contributed by atoms with E-state index >= 15 is 0 Å². The van der Waals surface area contributed by atoms with Crippen LogP contribution >= 0.6 is 0 Å². The average molecular weight is 381 g/mol. The number of amides is 1. The first-order valence-electron chi connectivity index (χ1n) is 9.63. The van der Waals surface area contributed by atoms with Gasteiger partial charge in [-0.3, -0.25) is 14.9 Å². The van der Waals surface area contributed by atoms with E-state index in [2.05, 4.69) is 9.88 Å². The van der Waals surface area contributed by atoms with Crippen molar-refractivity contribution in [2.45, 2.75) is 12.8 Å². The molecule has 0 unspecified atom stereocenters. The molecule has 1 aromatic heterocycles. The molecule has 2 aliphatic rings. The quantitative estimate of drug-likeness (QED) is 0.598. The molecule has 0 N–H and O–H groups in total. The van der Waals surface area contributed by atoms with E-state index in [1.165, 1.54) is 6.07 Å². The molecule has 1 aromatic carbocycles. The number of carbonyl (C=O) groups excluding carboxylic acids is 1. The van der Waals surface area contributed by atoms with Crippen LogP contribution in [0.25, 0.3) is 0 Å². The molecule has 2 aliphatic heterocycles. The molecule has 2 fully saturated rings. The number of piperazine rings is 1. The van der Waals surface area contributed by atoms with Crippen LogP contribution in [0.4, 0.5) is 17.2 Å². The summed E-state index contributed by atoms with van der Waals surface area (Å²) in [5, 5.41) is 11.3. The van der Waals surface area contributed by atoms with Crippen molar-refractivity contribution >= 4 is 23.1 Å². The Hall–Kier alpha value is -3.16. The lowest BCUT2D eigenvalue weighted by atomic mass is 10.1. The molecule has 0 bridgehead atoms. The highest BCUT2D eigenvalue weighted by atomic mass is 16.6. The monoisotopic (exact) mass is 381 g/mol. The Morgan fingerprint density at radius 2 is 1.64 bits per heavy atom. The summed E-state index contributed by atoms with van der Waals surface area (Å²) in [5.41, 5.74) is 1.35. The first kappa shape index (κ1) is 18.2. The summed E-state index contributed by atoms with van der Waals surface area (Å²) in [6, 6.07) is 10.4. The van der Waals surface area contributed by atoms with Crippen LogP contribution in [0.2, 0.25) is 0 Å². The van der Waals surface area contributed by atoms with E-state index in [1.807, 2.05) is 15.9 Å². The Bertz CT molecular complexity index is 874. The first-order valence-corrected chi connectivity index (χ1v) is 9.63. The van der Waals surface area contributed by atoms with E-state index in [1.54, 1.807) is 30.5 Å². The maximum absolute atomic E-state index is 13.1. The highest BCUT2D eigenvalue weighted by molar-refractivity contribution is 5.99. The Morgan fingerprint density at radius 1 is 0.929 bits per heavy atom. The molecule has 4 rings (SSSR count). The van der Waals surface area contributed by atoms with Crippen molar-refractivity contribution in [3.63, 3.8) is 0 Å². The largest absolute Gasteiger partial charge is 0.362 e. The third-order valence-corrected chi connectivity index (χ3v) is 5.41. The van der Waals surface area contributed by atoms with Crippen LogP contribution in [0.5, 0.6) is 0 Å². The van der Waals surface area contributed by atoms with E-state index in [0.717, 1.165) is 31.7 Å². The number of hydrogen-bond acceptors (Lipinski definition) is 6. The zero-order chi connectivity index (χ0) is 19.5. The fraction of sp³-hybridized carbons (Fsp3) is 0.400. The SMILES string of the molecule is O=C(c1cccnc1N1CCCC1)N1CCN(c2ccccc2[N+](=O)[O-])CC1. The van der Waals surface area contributed by atoms with Crippen molar-refractivity contribution < 1.29 is 9.72 Å². The zero-order valence-electron chi connectivity index (χ0n) is 15.7. The average Bonchev–Trinajstić information content (AvgIpc) is 3.28. The number of hydrogen-bond donors (Lipinski definition) is 0. The Kier molecular flexibility index (Phi) is 5.10. The maximum atomic E-state index is 13.1. The molecule has 0 aliphatic carbocycles. The Morgan fingerprint density at radius 3 is 2.36 bits per heavy atom. The summed E-state index contributed by atoms with van der Waals surface area (Å²) >= 11 is 0. The second kappa shape index (κ2) is 7.84. The van der Waals surface area contributed by atoms with Gasteiger partial charge >= 0.3 is 0 Å². The smallest absolute Gasteiger partial charge is 0.292 e. The predicted octanol–water partition coefficient (Wildman–Crippen LogP) is 2.55. The molecular formula is C20H23N5O3. The van der Waals surface area contributed by atoms with Crippen molar-refractivity contribution in [2.24, 2.45) is 0 Å². The Labute approximate surface area is 163 Å². The van der Waals surface area contributed by atoms with E-state index in [0.29, 0.717) is 37.4 Å². The third-order valence-electron chi connectivity index (χ3n) is 5.41. The van der Waals surface area contributed by atoms with Gasteiger partial charge < -0.3 is 14.7 Å². The number of anilines is 2. The summed E-state index contributed by atoms with van der Waals surface area (Å²) in [7, 11) is 0. The van der Waals surface area contributed by atoms with Crippen LogP contribution < -0.4 is 9.80 Å². The molecule has 0 radical (unpaired) electrons. The number of pyridine rings is 1. The van der Waals surface area contributed by atoms with Crippen LogP contribution in [0, 0.1) is 10.1 Å². The van der Waals surface area contributed by atoms with Gasteiger partial charge in [-0.25, -0.2) is 4.98 Å². The normalized spacial score (nSPS) is 17.1. The number of nitrogens with zero attached hydrogens (tertiary/aromatic N) is 5. The van der Waals surface area contributed by atoms with E-state index in [4.69, 9.17) is 0 Å². The van der Waals surface area contributed by atoms with Gasteiger partial charge in [-0.05, 0) is 31.0 Å². The maximum Gasteiger partial charge on any atom is 0.292 e. The van der Waals surface area contributed by atoms with Gasteiger partial charge in [-0.2, -0.15) is 0 Å². The van der Waals surface area contributed by atoms with E-state index < -0.39 is 0 Å². The molecule has 146 valence electrons. The van der Waals surface area contributed by atoms with Crippen molar-refractivity contribution in [1.82, 2.24) is 9.88 Å². The number of aromatic nitrogens is 1. The van der Waals surface area contributed by atoms with Gasteiger partial charge in [-0.15, -0.1) is 0 Å². The second-order valence-corrected chi connectivity index (χ2v) is 7.09. The summed E-state index contributed by atoms with van der Waals surface area (Å²) in [4.78, 5) is 34.5. The molecule has 1 amide bonds. The minimum Gasteiger partial charge on any atom is -0.362 e. The second-order valence-electron chi connectivity index (χ2n) is 7.09. The molecule has 0 atom stereocenters. The first-order chi connectivity index (χ1) is 13.6. The van der Waals surface area contributed by atoms with Crippen molar-refractivity contribution in [3.05, 3.63) is 58.3 Å². The summed E-state index contributed by atoms with van der Waals surface area (Å²) in [5.74, 6) is 0.753. The molecule has 8 heteroatoms. The van der Waals surface area contributed by atoms with Crippen LogP contribution in [0.1, 0.15) is 23.2 Å². The molecule has 0 saturated carbocycles. The molecular weight excluding hydrogens is 358 g/mol. The lowest BCUT2D eigenvalue weighted by Gasteiger charge is -2.36. The number of rotatable bonds is 4. The van der Waals surface area contributed by atoms with Gasteiger partial charge in [0.2, 0.25) is 0 Å². The zero-order valence-corrected chi connectivity index (χ0v) is 15.7. The van der Waals surface area contributed by atoms with Crippen LogP contribution in [0.3, 0.4) is 0 Å². The van der Waals surface area contributed by atoms with E-state index in [-0.39, 0.29) is 16.5 Å². The Balaban J connectivity index is 1.48. The topological polar surface area (TPSA) is 82.8 Å². The number of nitro groups is 1. The standard InChI is InChI=1S/C20H23N5O3/c26-20(16-6-5-9-21-19(16)23-10-3-4-11-23)24-14-12-22(13-15-24)17-7-1-2-8-18(17)25(27)28/h1-2,5-9H,3-4,10-15H2. The minimum atomic E-state index is -0.356. The fourth-order valence-corrected chi connectivity index (χ4v) is 3.95. The lowest BCUT2D eigenvalue weighted by Crippen LogP contribution is -2.49. The summed E-state index contributed by atoms with van der Waals surface area (Å²) in [6.45, 7) is 4.05. The molecule has 2 aromatic rings. The lowest BCUT2D eigenvalue weighted by molar-refractivity contribution is -0.384. The van der Waals surface area contributed by atoms with E-state index in [9.17, 15) is 14.9 Å². The number of benzene rings is 1. The molecule has 2 saturated heterocycles. The van der Waals surface area contributed by atoms with Gasteiger partial charge in [0, 0.05) is 51.5 Å². The molecule has 0 spiro atoms. The van der Waals surface area contributed by atoms with Gasteiger partial charge in [0.25, 0.3) is 11.6 Å². The molecule has 28 heavy (non-hydrogen) atoms. The number of carbonyl (C=O) groups is 1. The minimum absolute atomic E-state index is 0.0165. The number of para-hydroxylation sites is 2. The van der Waals surface area contributed by atoms with Gasteiger partial charge in [0.15, 0.2) is 0 Å². The third kappa shape index (κ3) is 3.49. The summed E-state index contributed by atoms with van der Waals surface area (Å²) in [6.07, 6.45) is 3.98. The van der Waals surface area contributed by atoms with Crippen molar-refractivity contribution in [1.29, 1.82) is 0 Å². The fourth-order valence-electron chi connectivity index (χ4n) is 3.95. The van der Waals surface area contributed by atoms with Crippen molar-refractivity contribution in [2.75, 3.05) is 49.1 Å². The van der Waals surface area contributed by atoms with Gasteiger partial charge in [-0.1, -0.05) is 12.1 Å². The van der Waals surface area contributed by atoms with Crippen LogP contribution in [0.15, 0.2) is 42.6 Å². The number of nitro benzene ring substituents is 1. The summed E-state index contributed by atoms with van der Waals surface area (Å²) < 4.78 is 0. The predicted molar refractivity (Wildman–Crippen MR) is 107 cm³/mol. The van der Waals surface area contributed by atoms with Crippen molar-refractivity contribution in [3.8, 4) is 0 Å². The van der Waals surface area contributed by atoms with Crippen LogP contribution in [-0.2, 0) is 0 Å². The van der Waals surface area contributed by atoms with Gasteiger partial charge in [0.05, 0.1) is 10.5 Å². The van der Waals surface area contributed by atoms with Crippen LogP contribution in [-0.4, -0.2) is 60.0 Å². The highest BCUT2D eigenvalue weighted by Crippen LogP contribution is 2.29. The molecule has 8 nitrogen and oxygen atoms in total. The molecule has 3 heterocycles. The van der Waals surface area contributed by atoms with Gasteiger partial charge in [0.1, 0.15) is 11.5 Å². The highest BCUT2D eigenvalue weighted by Gasteiger charge is 2.28.